The molecule has 4 aliphatic rings. The standard InChI is InChI=1S/C18H30.C2H6.4CH3.Zr/c1-4-9-16-14(6-1)10-11-17(16)18(12-5-13-18)15-7-2-3-8-15;1-2;;;;;/h14-17H,1-13H2;1-2H3;4*1H3;/q;;4*-1;+4. The third kappa shape index (κ3) is 5.68. The third-order valence-electron chi connectivity index (χ3n) is 7.52. The van der Waals surface area contributed by atoms with Crippen molar-refractivity contribution in [1.29, 1.82) is 0 Å². The van der Waals surface area contributed by atoms with Gasteiger partial charge in [0, 0.05) is 0 Å². The van der Waals surface area contributed by atoms with Crippen LogP contribution in [0, 0.1) is 58.8 Å². The van der Waals surface area contributed by atoms with E-state index in [9.17, 15) is 0 Å². The van der Waals surface area contributed by atoms with Gasteiger partial charge in [-0.15, -0.1) is 0 Å². The van der Waals surface area contributed by atoms with E-state index in [4.69, 9.17) is 0 Å². The molecule has 0 aliphatic heterocycles. The van der Waals surface area contributed by atoms with Crippen LogP contribution in [0.15, 0.2) is 0 Å². The summed E-state index contributed by atoms with van der Waals surface area (Å²) in [5.74, 6) is 4.64. The van der Waals surface area contributed by atoms with E-state index in [2.05, 4.69) is 0 Å². The molecule has 25 heavy (non-hydrogen) atoms. The van der Waals surface area contributed by atoms with Gasteiger partial charge in [-0.3, -0.25) is 0 Å². The van der Waals surface area contributed by atoms with Crippen LogP contribution in [-0.4, -0.2) is 0 Å². The summed E-state index contributed by atoms with van der Waals surface area (Å²) >= 11 is 0. The van der Waals surface area contributed by atoms with Crippen LogP contribution in [0.25, 0.3) is 0 Å². The zero-order chi connectivity index (χ0) is 14.0. The summed E-state index contributed by atoms with van der Waals surface area (Å²) in [6.45, 7) is 4.00. The Labute approximate surface area is 181 Å². The van der Waals surface area contributed by atoms with Gasteiger partial charge in [0.2, 0.25) is 0 Å². The zero-order valence-electron chi connectivity index (χ0n) is 18.5. The van der Waals surface area contributed by atoms with Crippen molar-refractivity contribution in [1.82, 2.24) is 0 Å². The molecular formula is C24H48Zr. The Balaban J connectivity index is -0.000000670. The first-order chi connectivity index (χ1) is 9.90. The number of hydrogen-bond donors (Lipinski definition) is 0. The molecule has 0 N–H and O–H groups in total. The van der Waals surface area contributed by atoms with Crippen LogP contribution in [-0.2, 0) is 26.2 Å². The summed E-state index contributed by atoms with van der Waals surface area (Å²) in [6.07, 6.45) is 20.6. The molecule has 3 unspecified atom stereocenters. The maximum Gasteiger partial charge on any atom is 4.00 e. The molecule has 4 aliphatic carbocycles. The Kier molecular flexibility index (Phi) is 17.1. The topological polar surface area (TPSA) is 0 Å². The molecule has 0 aromatic rings. The zero-order valence-corrected chi connectivity index (χ0v) is 21.0. The number of rotatable bonds is 2. The second-order valence-corrected chi connectivity index (χ2v) is 7.96. The van der Waals surface area contributed by atoms with E-state index >= 15 is 0 Å². The first-order valence-electron chi connectivity index (χ1n) is 9.90. The van der Waals surface area contributed by atoms with Gasteiger partial charge in [-0.2, -0.15) is 0 Å². The van der Waals surface area contributed by atoms with E-state index in [0.29, 0.717) is 0 Å². The summed E-state index contributed by atoms with van der Waals surface area (Å²) in [5, 5.41) is 0. The van der Waals surface area contributed by atoms with E-state index < -0.39 is 0 Å². The maximum absolute atomic E-state index is 2.00. The Morgan fingerprint density at radius 2 is 1.12 bits per heavy atom. The maximum atomic E-state index is 2.00. The van der Waals surface area contributed by atoms with E-state index in [0.717, 1.165) is 17.3 Å². The van der Waals surface area contributed by atoms with Crippen molar-refractivity contribution in [2.45, 2.75) is 97.3 Å². The molecule has 0 spiro atoms. The molecule has 0 heterocycles. The summed E-state index contributed by atoms with van der Waals surface area (Å²) in [7, 11) is 0. The van der Waals surface area contributed by atoms with Crippen molar-refractivity contribution < 1.29 is 26.2 Å². The van der Waals surface area contributed by atoms with Gasteiger partial charge in [0.1, 0.15) is 0 Å². The van der Waals surface area contributed by atoms with E-state index in [1.54, 1.807) is 83.5 Å². The van der Waals surface area contributed by atoms with Crippen molar-refractivity contribution in [3.05, 3.63) is 29.7 Å². The second-order valence-electron chi connectivity index (χ2n) is 7.96. The molecule has 0 nitrogen and oxygen atoms in total. The Hall–Kier alpha value is 0.883. The van der Waals surface area contributed by atoms with Crippen molar-refractivity contribution in [3.63, 3.8) is 0 Å². The second kappa shape index (κ2) is 14.0. The third-order valence-corrected chi connectivity index (χ3v) is 7.52. The molecule has 0 aromatic heterocycles. The van der Waals surface area contributed by atoms with Gasteiger partial charge in [0.05, 0.1) is 0 Å². The van der Waals surface area contributed by atoms with Gasteiger partial charge in [-0.25, -0.2) is 0 Å². The van der Waals surface area contributed by atoms with Gasteiger partial charge in [0.15, 0.2) is 0 Å². The molecule has 0 radical (unpaired) electrons. The SMILES string of the molecule is C1CCC2C(C1)CCC2C1(C2CCCC2)CCC1.CC.[CH3-].[CH3-].[CH3-].[CH3-].[Zr+4]. The van der Waals surface area contributed by atoms with Crippen molar-refractivity contribution in [3.8, 4) is 0 Å². The van der Waals surface area contributed by atoms with Crippen LogP contribution in [0.1, 0.15) is 97.3 Å². The number of hydrogen-bond acceptors (Lipinski definition) is 0. The Bertz CT molecular complexity index is 301. The van der Waals surface area contributed by atoms with Crippen molar-refractivity contribution >= 4 is 0 Å². The molecule has 148 valence electrons. The van der Waals surface area contributed by atoms with E-state index in [1.807, 2.05) is 13.8 Å². The monoisotopic (exact) mass is 426 g/mol. The van der Waals surface area contributed by atoms with Gasteiger partial charge < -0.3 is 29.7 Å². The summed E-state index contributed by atoms with van der Waals surface area (Å²) in [5.41, 5.74) is 0.868. The largest absolute Gasteiger partial charge is 4.00 e. The smallest absolute Gasteiger partial charge is 0.358 e. The molecule has 0 bridgehead atoms. The fraction of sp³-hybridized carbons (Fsp3) is 0.833. The molecular weight excluding hydrogens is 379 g/mol. The fourth-order valence-corrected chi connectivity index (χ4v) is 6.61. The first kappa shape index (κ1) is 30.6. The predicted molar refractivity (Wildman–Crippen MR) is 113 cm³/mol. The fourth-order valence-electron chi connectivity index (χ4n) is 6.61. The summed E-state index contributed by atoms with van der Waals surface area (Å²) < 4.78 is 0. The van der Waals surface area contributed by atoms with Gasteiger partial charge >= 0.3 is 26.2 Å². The van der Waals surface area contributed by atoms with Gasteiger partial charge in [-0.1, -0.05) is 52.4 Å². The molecule has 0 aromatic carbocycles. The van der Waals surface area contributed by atoms with Crippen LogP contribution < -0.4 is 0 Å². The van der Waals surface area contributed by atoms with Crippen LogP contribution in [0.4, 0.5) is 0 Å². The minimum Gasteiger partial charge on any atom is -0.358 e. The first-order valence-corrected chi connectivity index (χ1v) is 9.90. The quantitative estimate of drug-likeness (QED) is 0.388. The van der Waals surface area contributed by atoms with Crippen LogP contribution >= 0.6 is 0 Å². The molecule has 4 rings (SSSR count). The molecule has 1 heteroatoms. The normalized spacial score (nSPS) is 31.7. The van der Waals surface area contributed by atoms with E-state index in [-0.39, 0.29) is 55.9 Å². The Morgan fingerprint density at radius 1 is 0.600 bits per heavy atom. The van der Waals surface area contributed by atoms with Gasteiger partial charge in [-0.05, 0) is 74.0 Å². The van der Waals surface area contributed by atoms with Crippen molar-refractivity contribution in [2.75, 3.05) is 0 Å². The average Bonchev–Trinajstić information content (AvgIpc) is 3.11. The molecule has 0 amide bonds. The minimum atomic E-state index is 0. The summed E-state index contributed by atoms with van der Waals surface area (Å²) in [6, 6.07) is 0. The van der Waals surface area contributed by atoms with Gasteiger partial charge in [0.25, 0.3) is 0 Å². The molecule has 4 fully saturated rings. The van der Waals surface area contributed by atoms with Crippen LogP contribution in [0.3, 0.4) is 0 Å². The molecule has 4 saturated carbocycles. The average molecular weight is 428 g/mol. The molecule has 3 atom stereocenters. The number of fused-ring (bicyclic) bond motifs is 1. The van der Waals surface area contributed by atoms with Crippen molar-refractivity contribution in [2.24, 2.45) is 29.1 Å². The minimum absolute atomic E-state index is 0. The summed E-state index contributed by atoms with van der Waals surface area (Å²) in [4.78, 5) is 0. The Morgan fingerprint density at radius 3 is 1.64 bits per heavy atom. The molecule has 0 saturated heterocycles. The van der Waals surface area contributed by atoms with E-state index in [1.165, 1.54) is 11.8 Å². The van der Waals surface area contributed by atoms with Crippen LogP contribution in [0.5, 0.6) is 0 Å². The van der Waals surface area contributed by atoms with Crippen LogP contribution in [0.2, 0.25) is 0 Å². The predicted octanol–water partition coefficient (Wildman–Crippen LogP) is 8.39.